The lowest BCUT2D eigenvalue weighted by Crippen LogP contribution is -2.29. The third-order valence-electron chi connectivity index (χ3n) is 3.20. The van der Waals surface area contributed by atoms with Gasteiger partial charge in [0, 0.05) is 18.2 Å². The molecule has 16 heavy (non-hydrogen) atoms. The number of rotatable bonds is 5. The topological polar surface area (TPSA) is 60.4 Å². The van der Waals surface area contributed by atoms with E-state index in [2.05, 4.69) is 5.43 Å². The molecule has 0 amide bonds. The second kappa shape index (κ2) is 6.03. The Hall–Kier alpha value is -0.840. The SMILES string of the molecule is NNC(CCC1CCCCO1)c1ccoc1. The summed E-state index contributed by atoms with van der Waals surface area (Å²) in [6, 6.07) is 2.12. The largest absolute Gasteiger partial charge is 0.472 e. The molecule has 2 rings (SSSR count). The fourth-order valence-corrected chi connectivity index (χ4v) is 2.21. The Bertz CT molecular complexity index is 281. The van der Waals surface area contributed by atoms with Gasteiger partial charge >= 0.3 is 0 Å². The fraction of sp³-hybridized carbons (Fsp3) is 0.667. The summed E-state index contributed by atoms with van der Waals surface area (Å²) in [6.07, 6.45) is 9.55. The van der Waals surface area contributed by atoms with E-state index < -0.39 is 0 Å². The Morgan fingerprint density at radius 3 is 3.06 bits per heavy atom. The molecule has 1 aliphatic heterocycles. The van der Waals surface area contributed by atoms with Crippen molar-refractivity contribution in [1.82, 2.24) is 5.43 Å². The van der Waals surface area contributed by atoms with Gasteiger partial charge < -0.3 is 9.15 Å². The Balaban J connectivity index is 1.78. The number of hydrogen-bond donors (Lipinski definition) is 2. The molecule has 1 saturated heterocycles. The van der Waals surface area contributed by atoms with Crippen LogP contribution in [0.2, 0.25) is 0 Å². The molecule has 1 aliphatic rings. The summed E-state index contributed by atoms with van der Waals surface area (Å²) < 4.78 is 10.8. The quantitative estimate of drug-likeness (QED) is 0.594. The Morgan fingerprint density at radius 2 is 2.44 bits per heavy atom. The molecule has 2 unspecified atom stereocenters. The minimum Gasteiger partial charge on any atom is -0.472 e. The van der Waals surface area contributed by atoms with E-state index >= 15 is 0 Å². The molecule has 4 nitrogen and oxygen atoms in total. The van der Waals surface area contributed by atoms with Crippen LogP contribution in [0.3, 0.4) is 0 Å². The number of ether oxygens (including phenoxy) is 1. The Kier molecular flexibility index (Phi) is 4.39. The van der Waals surface area contributed by atoms with E-state index in [4.69, 9.17) is 15.0 Å². The molecule has 90 valence electrons. The highest BCUT2D eigenvalue weighted by atomic mass is 16.5. The number of hydrazine groups is 1. The van der Waals surface area contributed by atoms with Crippen molar-refractivity contribution in [2.45, 2.75) is 44.2 Å². The summed E-state index contributed by atoms with van der Waals surface area (Å²) >= 11 is 0. The van der Waals surface area contributed by atoms with Gasteiger partial charge in [-0.25, -0.2) is 0 Å². The van der Waals surface area contributed by atoms with Gasteiger partial charge in [-0.15, -0.1) is 0 Å². The van der Waals surface area contributed by atoms with Crippen LogP contribution >= 0.6 is 0 Å². The normalized spacial score (nSPS) is 23.2. The molecule has 1 fully saturated rings. The van der Waals surface area contributed by atoms with Crippen molar-refractivity contribution >= 4 is 0 Å². The zero-order valence-electron chi connectivity index (χ0n) is 9.52. The van der Waals surface area contributed by atoms with E-state index in [1.165, 1.54) is 19.3 Å². The highest BCUT2D eigenvalue weighted by Crippen LogP contribution is 2.23. The van der Waals surface area contributed by atoms with Crippen molar-refractivity contribution in [2.75, 3.05) is 6.61 Å². The zero-order valence-corrected chi connectivity index (χ0v) is 9.52. The van der Waals surface area contributed by atoms with Gasteiger partial charge in [0.15, 0.2) is 0 Å². The van der Waals surface area contributed by atoms with Gasteiger partial charge in [0.05, 0.1) is 18.6 Å². The molecule has 1 aromatic heterocycles. The van der Waals surface area contributed by atoms with Crippen LogP contribution in [0, 0.1) is 0 Å². The van der Waals surface area contributed by atoms with Gasteiger partial charge in [-0.3, -0.25) is 11.3 Å². The minimum absolute atomic E-state index is 0.171. The van der Waals surface area contributed by atoms with E-state index in [9.17, 15) is 0 Å². The average Bonchev–Trinajstić information content (AvgIpc) is 2.85. The van der Waals surface area contributed by atoms with E-state index in [0.717, 1.165) is 25.0 Å². The van der Waals surface area contributed by atoms with Crippen LogP contribution in [-0.2, 0) is 4.74 Å². The molecule has 0 aromatic carbocycles. The monoisotopic (exact) mass is 224 g/mol. The van der Waals surface area contributed by atoms with E-state index in [1.807, 2.05) is 6.07 Å². The maximum atomic E-state index is 5.70. The first-order valence-electron chi connectivity index (χ1n) is 6.00. The summed E-state index contributed by atoms with van der Waals surface area (Å²) in [6.45, 7) is 0.914. The van der Waals surface area contributed by atoms with Crippen molar-refractivity contribution in [3.8, 4) is 0 Å². The maximum Gasteiger partial charge on any atom is 0.0950 e. The first kappa shape index (κ1) is 11.6. The van der Waals surface area contributed by atoms with Crippen LogP contribution < -0.4 is 11.3 Å². The molecular weight excluding hydrogens is 204 g/mol. The molecule has 0 radical (unpaired) electrons. The second-order valence-corrected chi connectivity index (χ2v) is 4.34. The van der Waals surface area contributed by atoms with Crippen molar-refractivity contribution in [3.05, 3.63) is 24.2 Å². The molecule has 0 aliphatic carbocycles. The van der Waals surface area contributed by atoms with Crippen molar-refractivity contribution < 1.29 is 9.15 Å². The first-order valence-corrected chi connectivity index (χ1v) is 6.00. The fourth-order valence-electron chi connectivity index (χ4n) is 2.21. The number of nitrogens with two attached hydrogens (primary N) is 1. The summed E-state index contributed by atoms with van der Waals surface area (Å²) in [5.74, 6) is 5.55. The first-order chi connectivity index (χ1) is 7.90. The molecule has 0 bridgehead atoms. The molecule has 3 N–H and O–H groups in total. The van der Waals surface area contributed by atoms with E-state index in [-0.39, 0.29) is 6.04 Å². The number of hydrogen-bond acceptors (Lipinski definition) is 4. The average molecular weight is 224 g/mol. The lowest BCUT2D eigenvalue weighted by Gasteiger charge is -2.24. The molecule has 0 saturated carbocycles. The second-order valence-electron chi connectivity index (χ2n) is 4.34. The lowest BCUT2D eigenvalue weighted by atomic mass is 9.99. The van der Waals surface area contributed by atoms with Gasteiger partial charge in [-0.1, -0.05) is 0 Å². The van der Waals surface area contributed by atoms with E-state index in [1.54, 1.807) is 12.5 Å². The Labute approximate surface area is 96.1 Å². The summed E-state index contributed by atoms with van der Waals surface area (Å²) in [5.41, 5.74) is 3.94. The van der Waals surface area contributed by atoms with E-state index in [0.29, 0.717) is 6.10 Å². The minimum atomic E-state index is 0.171. The van der Waals surface area contributed by atoms with Crippen LogP contribution in [0.4, 0.5) is 0 Å². The van der Waals surface area contributed by atoms with Gasteiger partial charge in [0.1, 0.15) is 0 Å². The number of nitrogens with one attached hydrogen (secondary N) is 1. The predicted molar refractivity (Wildman–Crippen MR) is 61.6 cm³/mol. The molecule has 0 spiro atoms. The summed E-state index contributed by atoms with van der Waals surface area (Å²) in [7, 11) is 0. The molecule has 4 heteroatoms. The lowest BCUT2D eigenvalue weighted by molar-refractivity contribution is 0.00853. The highest BCUT2D eigenvalue weighted by molar-refractivity contribution is 5.10. The molecular formula is C12H20N2O2. The van der Waals surface area contributed by atoms with Crippen LogP contribution in [-0.4, -0.2) is 12.7 Å². The van der Waals surface area contributed by atoms with Gasteiger partial charge in [-0.05, 0) is 38.2 Å². The standard InChI is InChI=1S/C12H20N2O2/c13-14-12(10-6-8-15-9-10)5-4-11-3-1-2-7-16-11/h6,8-9,11-12,14H,1-5,7,13H2. The molecule has 2 atom stereocenters. The third-order valence-corrected chi connectivity index (χ3v) is 3.20. The molecule has 2 heterocycles. The van der Waals surface area contributed by atoms with Crippen molar-refractivity contribution in [3.63, 3.8) is 0 Å². The highest BCUT2D eigenvalue weighted by Gasteiger charge is 2.17. The van der Waals surface area contributed by atoms with Gasteiger partial charge in [-0.2, -0.15) is 0 Å². The summed E-state index contributed by atoms with van der Waals surface area (Å²) in [5, 5.41) is 0. The number of furan rings is 1. The van der Waals surface area contributed by atoms with Crippen LogP contribution in [0.1, 0.15) is 43.7 Å². The molecule has 1 aromatic rings. The van der Waals surface area contributed by atoms with Gasteiger partial charge in [0.2, 0.25) is 0 Å². The Morgan fingerprint density at radius 1 is 1.50 bits per heavy atom. The van der Waals surface area contributed by atoms with Crippen LogP contribution in [0.5, 0.6) is 0 Å². The smallest absolute Gasteiger partial charge is 0.0950 e. The van der Waals surface area contributed by atoms with Crippen LogP contribution in [0.25, 0.3) is 0 Å². The predicted octanol–water partition coefficient (Wildman–Crippen LogP) is 2.13. The van der Waals surface area contributed by atoms with Crippen molar-refractivity contribution in [1.29, 1.82) is 0 Å². The van der Waals surface area contributed by atoms with Gasteiger partial charge in [0.25, 0.3) is 0 Å². The van der Waals surface area contributed by atoms with Crippen molar-refractivity contribution in [2.24, 2.45) is 5.84 Å². The third kappa shape index (κ3) is 3.07. The zero-order chi connectivity index (χ0) is 11.2. The maximum absolute atomic E-state index is 5.70. The summed E-state index contributed by atoms with van der Waals surface area (Å²) in [4.78, 5) is 0. The van der Waals surface area contributed by atoms with Crippen LogP contribution in [0.15, 0.2) is 23.0 Å².